The van der Waals surface area contributed by atoms with Crippen LogP contribution in [0.5, 0.6) is 0 Å². The van der Waals surface area contributed by atoms with E-state index in [4.69, 9.17) is 20.4 Å². The first-order valence-electron chi connectivity index (χ1n) is 6.89. The molecule has 21 heavy (non-hydrogen) atoms. The van der Waals surface area contributed by atoms with Crippen LogP contribution in [0.3, 0.4) is 0 Å². The second-order valence-corrected chi connectivity index (χ2v) is 5.31. The fourth-order valence-electron chi connectivity index (χ4n) is 2.09. The number of aryl methyl sites for hydroxylation is 1. The first-order chi connectivity index (χ1) is 10.2. The number of furan rings is 1. The predicted octanol–water partition coefficient (Wildman–Crippen LogP) is 3.88. The van der Waals surface area contributed by atoms with Gasteiger partial charge in [0.2, 0.25) is 11.8 Å². The Bertz CT molecular complexity index is 750. The van der Waals surface area contributed by atoms with Crippen molar-refractivity contribution in [1.82, 2.24) is 15.5 Å². The van der Waals surface area contributed by atoms with Crippen molar-refractivity contribution in [3.05, 3.63) is 46.8 Å². The number of halogens is 1. The summed E-state index contributed by atoms with van der Waals surface area (Å²) in [7, 11) is 0. The number of rotatable bonds is 5. The first kappa shape index (κ1) is 14.1. The molecule has 0 unspecified atom stereocenters. The van der Waals surface area contributed by atoms with Crippen LogP contribution in [0.25, 0.3) is 11.0 Å². The maximum atomic E-state index is 5.98. The Morgan fingerprint density at radius 2 is 2.00 bits per heavy atom. The maximum absolute atomic E-state index is 5.98. The molecule has 0 fully saturated rings. The molecule has 1 N–H and O–H groups in total. The highest BCUT2D eigenvalue weighted by Gasteiger charge is 2.13. The van der Waals surface area contributed by atoms with Gasteiger partial charge in [0, 0.05) is 16.8 Å². The van der Waals surface area contributed by atoms with E-state index in [0.717, 1.165) is 23.2 Å². The lowest BCUT2D eigenvalue weighted by atomic mass is 10.2. The van der Waals surface area contributed by atoms with Crippen molar-refractivity contribution < 1.29 is 8.83 Å². The number of hydrogen-bond acceptors (Lipinski definition) is 5. The molecule has 2 heterocycles. The second kappa shape index (κ2) is 5.87. The van der Waals surface area contributed by atoms with E-state index >= 15 is 0 Å². The monoisotopic (exact) mass is 305 g/mol. The van der Waals surface area contributed by atoms with E-state index in [1.807, 2.05) is 38.1 Å². The highest BCUT2D eigenvalue weighted by Crippen LogP contribution is 2.26. The summed E-state index contributed by atoms with van der Waals surface area (Å²) in [5, 5.41) is 12.9. The number of aromatic nitrogens is 2. The summed E-state index contributed by atoms with van der Waals surface area (Å²) in [5.41, 5.74) is 0.828. The molecule has 0 aliphatic rings. The molecule has 2 aromatic heterocycles. The van der Waals surface area contributed by atoms with Crippen LogP contribution in [0.2, 0.25) is 5.02 Å². The van der Waals surface area contributed by atoms with Gasteiger partial charge in [-0.1, -0.05) is 18.5 Å². The molecule has 0 aliphatic carbocycles. The Balaban J connectivity index is 1.69. The molecule has 0 saturated heterocycles. The molecule has 0 spiro atoms. The fourth-order valence-corrected chi connectivity index (χ4v) is 2.27. The second-order valence-electron chi connectivity index (χ2n) is 4.88. The topological polar surface area (TPSA) is 64.1 Å². The summed E-state index contributed by atoms with van der Waals surface area (Å²) >= 11 is 5.98. The van der Waals surface area contributed by atoms with E-state index in [0.29, 0.717) is 23.3 Å². The van der Waals surface area contributed by atoms with E-state index in [2.05, 4.69) is 15.5 Å². The van der Waals surface area contributed by atoms with Crippen LogP contribution < -0.4 is 5.32 Å². The molecular weight excluding hydrogens is 290 g/mol. The van der Waals surface area contributed by atoms with Crippen LogP contribution in [-0.2, 0) is 13.0 Å². The van der Waals surface area contributed by atoms with Crippen LogP contribution in [-0.4, -0.2) is 10.2 Å². The van der Waals surface area contributed by atoms with Gasteiger partial charge < -0.3 is 8.83 Å². The van der Waals surface area contributed by atoms with Crippen LogP contribution in [0.4, 0.5) is 0 Å². The summed E-state index contributed by atoms with van der Waals surface area (Å²) in [6, 6.07) is 7.61. The van der Waals surface area contributed by atoms with Gasteiger partial charge in [-0.2, -0.15) is 0 Å². The van der Waals surface area contributed by atoms with Gasteiger partial charge in [-0.15, -0.1) is 10.2 Å². The number of hydrogen-bond donors (Lipinski definition) is 1. The molecular formula is C15H16ClN3O2. The zero-order valence-electron chi connectivity index (χ0n) is 11.9. The minimum Gasteiger partial charge on any atom is -0.459 e. The molecule has 0 aliphatic heterocycles. The predicted molar refractivity (Wildman–Crippen MR) is 80.2 cm³/mol. The van der Waals surface area contributed by atoms with Crippen molar-refractivity contribution in [3.8, 4) is 0 Å². The summed E-state index contributed by atoms with van der Waals surface area (Å²) in [5.74, 6) is 2.08. The third-order valence-electron chi connectivity index (χ3n) is 3.29. The lowest BCUT2D eigenvalue weighted by Crippen LogP contribution is -2.17. The highest BCUT2D eigenvalue weighted by atomic mass is 35.5. The Hall–Kier alpha value is -1.85. The molecule has 5 nitrogen and oxygen atoms in total. The van der Waals surface area contributed by atoms with Crippen molar-refractivity contribution in [2.45, 2.75) is 32.9 Å². The van der Waals surface area contributed by atoms with E-state index in [-0.39, 0.29) is 6.04 Å². The van der Waals surface area contributed by atoms with Gasteiger partial charge in [-0.3, -0.25) is 5.32 Å². The van der Waals surface area contributed by atoms with Crippen molar-refractivity contribution >= 4 is 22.6 Å². The molecule has 3 rings (SSSR count). The number of nitrogens with one attached hydrogen (secondary N) is 1. The van der Waals surface area contributed by atoms with E-state index in [1.54, 1.807) is 0 Å². The molecule has 3 aromatic rings. The molecule has 0 saturated carbocycles. The normalized spacial score (nSPS) is 12.9. The van der Waals surface area contributed by atoms with E-state index in [9.17, 15) is 0 Å². The van der Waals surface area contributed by atoms with Crippen LogP contribution >= 0.6 is 11.6 Å². The third-order valence-corrected chi connectivity index (χ3v) is 3.53. The van der Waals surface area contributed by atoms with Gasteiger partial charge in [0.1, 0.15) is 11.3 Å². The largest absolute Gasteiger partial charge is 0.459 e. The van der Waals surface area contributed by atoms with Crippen molar-refractivity contribution in [1.29, 1.82) is 0 Å². The van der Waals surface area contributed by atoms with Gasteiger partial charge in [-0.25, -0.2) is 0 Å². The fraction of sp³-hybridized carbons (Fsp3) is 0.333. The Morgan fingerprint density at radius 1 is 1.19 bits per heavy atom. The van der Waals surface area contributed by atoms with Gasteiger partial charge in [0.05, 0.1) is 12.6 Å². The molecule has 110 valence electrons. The number of nitrogens with zero attached hydrogens (tertiary/aromatic N) is 2. The Morgan fingerprint density at radius 3 is 2.76 bits per heavy atom. The lowest BCUT2D eigenvalue weighted by Gasteiger charge is -2.08. The van der Waals surface area contributed by atoms with Crippen LogP contribution in [0, 0.1) is 0 Å². The summed E-state index contributed by atoms with van der Waals surface area (Å²) < 4.78 is 11.3. The molecule has 1 aromatic carbocycles. The first-order valence-corrected chi connectivity index (χ1v) is 7.27. The van der Waals surface area contributed by atoms with Gasteiger partial charge >= 0.3 is 0 Å². The summed E-state index contributed by atoms with van der Waals surface area (Å²) in [6.45, 7) is 4.51. The van der Waals surface area contributed by atoms with E-state index in [1.165, 1.54) is 0 Å². The minimum absolute atomic E-state index is 0.0353. The minimum atomic E-state index is 0.0353. The average molecular weight is 306 g/mol. The van der Waals surface area contributed by atoms with Gasteiger partial charge in [-0.05, 0) is 31.2 Å². The van der Waals surface area contributed by atoms with Crippen LogP contribution in [0.1, 0.15) is 37.4 Å². The molecule has 0 amide bonds. The molecule has 0 radical (unpaired) electrons. The average Bonchev–Trinajstić information content (AvgIpc) is 3.10. The standard InChI is InChI=1S/C15H16ClN3O2/c1-3-14-18-19-15(21-14)8-17-9(2)13-7-10-6-11(16)4-5-12(10)20-13/h4-7,9,17H,3,8H2,1-2H3/t9-/m1/s1. The number of benzene rings is 1. The van der Waals surface area contributed by atoms with E-state index < -0.39 is 0 Å². The van der Waals surface area contributed by atoms with Gasteiger partial charge in [0.25, 0.3) is 0 Å². The molecule has 0 bridgehead atoms. The zero-order chi connectivity index (χ0) is 14.8. The van der Waals surface area contributed by atoms with Crippen molar-refractivity contribution in [3.63, 3.8) is 0 Å². The Labute approximate surface area is 127 Å². The SMILES string of the molecule is CCc1nnc(CN[C@H](C)c2cc3cc(Cl)ccc3o2)o1. The molecule has 6 heteroatoms. The summed E-state index contributed by atoms with van der Waals surface area (Å²) in [6.07, 6.45) is 0.743. The lowest BCUT2D eigenvalue weighted by molar-refractivity contribution is 0.398. The van der Waals surface area contributed by atoms with Crippen molar-refractivity contribution in [2.75, 3.05) is 0 Å². The Kier molecular flexibility index (Phi) is 3.94. The van der Waals surface area contributed by atoms with Gasteiger partial charge in [0.15, 0.2) is 0 Å². The third kappa shape index (κ3) is 3.09. The maximum Gasteiger partial charge on any atom is 0.230 e. The number of fused-ring (bicyclic) bond motifs is 1. The smallest absolute Gasteiger partial charge is 0.230 e. The molecule has 1 atom stereocenters. The van der Waals surface area contributed by atoms with Crippen LogP contribution in [0.15, 0.2) is 33.1 Å². The van der Waals surface area contributed by atoms with Crippen molar-refractivity contribution in [2.24, 2.45) is 0 Å². The quantitative estimate of drug-likeness (QED) is 0.775. The summed E-state index contributed by atoms with van der Waals surface area (Å²) in [4.78, 5) is 0. The highest BCUT2D eigenvalue weighted by molar-refractivity contribution is 6.31. The zero-order valence-corrected chi connectivity index (χ0v) is 12.6.